The zero-order chi connectivity index (χ0) is 14.8. The summed E-state index contributed by atoms with van der Waals surface area (Å²) in [6.45, 7) is 3.22. The average molecular weight is 278 g/mol. The number of amides is 2. The van der Waals surface area contributed by atoms with Gasteiger partial charge >= 0.3 is 0 Å². The molecule has 6 heteroatoms. The molecule has 0 aliphatic rings. The van der Waals surface area contributed by atoms with Gasteiger partial charge < -0.3 is 16.4 Å². The van der Waals surface area contributed by atoms with Gasteiger partial charge in [0.1, 0.15) is 0 Å². The van der Waals surface area contributed by atoms with Gasteiger partial charge in [-0.3, -0.25) is 14.6 Å². The highest BCUT2D eigenvalue weighted by molar-refractivity contribution is 5.93. The van der Waals surface area contributed by atoms with E-state index in [0.717, 1.165) is 18.5 Å². The molecule has 0 aliphatic carbocycles. The molecule has 2 amide bonds. The molecule has 0 aromatic carbocycles. The van der Waals surface area contributed by atoms with Gasteiger partial charge in [0.15, 0.2) is 0 Å². The minimum atomic E-state index is -0.205. The first-order valence-electron chi connectivity index (χ1n) is 6.87. The third-order valence-corrected chi connectivity index (χ3v) is 2.79. The van der Waals surface area contributed by atoms with Crippen molar-refractivity contribution in [3.63, 3.8) is 0 Å². The highest BCUT2D eigenvalue weighted by atomic mass is 16.2. The van der Waals surface area contributed by atoms with Crippen molar-refractivity contribution in [3.8, 4) is 0 Å². The van der Waals surface area contributed by atoms with Crippen molar-refractivity contribution in [3.05, 3.63) is 29.6 Å². The van der Waals surface area contributed by atoms with E-state index in [0.29, 0.717) is 31.6 Å². The maximum absolute atomic E-state index is 11.8. The second kappa shape index (κ2) is 9.03. The van der Waals surface area contributed by atoms with E-state index in [1.165, 1.54) is 6.20 Å². The Morgan fingerprint density at radius 1 is 1.25 bits per heavy atom. The molecule has 6 nitrogen and oxygen atoms in total. The molecule has 1 aromatic rings. The van der Waals surface area contributed by atoms with Crippen molar-refractivity contribution < 1.29 is 9.59 Å². The number of nitrogens with two attached hydrogens (primary N) is 1. The van der Waals surface area contributed by atoms with Crippen LogP contribution in [0.15, 0.2) is 18.3 Å². The molecule has 0 radical (unpaired) electrons. The Morgan fingerprint density at radius 2 is 2.00 bits per heavy atom. The van der Waals surface area contributed by atoms with E-state index >= 15 is 0 Å². The van der Waals surface area contributed by atoms with Crippen LogP contribution in [0.4, 0.5) is 0 Å². The van der Waals surface area contributed by atoms with Crippen LogP contribution in [-0.4, -0.2) is 29.9 Å². The molecule has 0 saturated carbocycles. The van der Waals surface area contributed by atoms with Crippen LogP contribution in [0.2, 0.25) is 0 Å². The Hall–Kier alpha value is -1.95. The topological polar surface area (TPSA) is 97.1 Å². The van der Waals surface area contributed by atoms with Crippen LogP contribution in [-0.2, 0) is 11.3 Å². The van der Waals surface area contributed by atoms with Gasteiger partial charge in [-0.15, -0.1) is 0 Å². The SMILES string of the molecule is CCCCC(=O)NCCNC(=O)c1ccc(CN)nc1. The first-order chi connectivity index (χ1) is 9.67. The second-order valence-electron chi connectivity index (χ2n) is 4.45. The predicted molar refractivity (Wildman–Crippen MR) is 77.0 cm³/mol. The van der Waals surface area contributed by atoms with Crippen LogP contribution < -0.4 is 16.4 Å². The molecule has 0 saturated heterocycles. The molecule has 1 aromatic heterocycles. The quantitative estimate of drug-likeness (QED) is 0.606. The van der Waals surface area contributed by atoms with Gasteiger partial charge in [-0.25, -0.2) is 0 Å². The van der Waals surface area contributed by atoms with Crippen molar-refractivity contribution in [1.29, 1.82) is 0 Å². The summed E-state index contributed by atoms with van der Waals surface area (Å²) in [5.41, 5.74) is 6.66. The van der Waals surface area contributed by atoms with Crippen molar-refractivity contribution in [2.24, 2.45) is 5.73 Å². The lowest BCUT2D eigenvalue weighted by Gasteiger charge is -2.07. The summed E-state index contributed by atoms with van der Waals surface area (Å²) in [6.07, 6.45) is 3.92. The molecular formula is C14H22N4O2. The number of carbonyl (C=O) groups is 2. The molecule has 0 atom stereocenters. The molecule has 1 rings (SSSR count). The number of unbranched alkanes of at least 4 members (excludes halogenated alkanes) is 1. The highest BCUT2D eigenvalue weighted by Gasteiger charge is 2.05. The van der Waals surface area contributed by atoms with Gasteiger partial charge in [0.2, 0.25) is 5.91 Å². The van der Waals surface area contributed by atoms with E-state index in [1.807, 2.05) is 6.92 Å². The van der Waals surface area contributed by atoms with Crippen molar-refractivity contribution in [2.45, 2.75) is 32.7 Å². The second-order valence-corrected chi connectivity index (χ2v) is 4.45. The van der Waals surface area contributed by atoms with E-state index in [2.05, 4.69) is 15.6 Å². The number of nitrogens with one attached hydrogen (secondary N) is 2. The van der Waals surface area contributed by atoms with Gasteiger partial charge in [-0.2, -0.15) is 0 Å². The first kappa shape index (κ1) is 16.1. The Kier molecular flexibility index (Phi) is 7.27. The average Bonchev–Trinajstić information content (AvgIpc) is 2.49. The minimum absolute atomic E-state index is 0.0232. The number of hydrogen-bond acceptors (Lipinski definition) is 4. The number of hydrogen-bond donors (Lipinski definition) is 3. The lowest BCUT2D eigenvalue weighted by molar-refractivity contribution is -0.121. The van der Waals surface area contributed by atoms with Crippen LogP contribution >= 0.6 is 0 Å². The lowest BCUT2D eigenvalue weighted by Crippen LogP contribution is -2.34. The van der Waals surface area contributed by atoms with E-state index in [-0.39, 0.29) is 11.8 Å². The standard InChI is InChI=1S/C14H22N4O2/c1-2-3-4-13(19)16-7-8-17-14(20)11-5-6-12(9-15)18-10-11/h5-6,10H,2-4,7-9,15H2,1H3,(H,16,19)(H,17,20). The number of pyridine rings is 1. The fourth-order valence-corrected chi connectivity index (χ4v) is 1.59. The van der Waals surface area contributed by atoms with E-state index in [9.17, 15) is 9.59 Å². The third kappa shape index (κ3) is 5.79. The van der Waals surface area contributed by atoms with E-state index < -0.39 is 0 Å². The predicted octanol–water partition coefficient (Wildman–Crippen LogP) is 0.577. The third-order valence-electron chi connectivity index (χ3n) is 2.79. The first-order valence-corrected chi connectivity index (χ1v) is 6.87. The Balaban J connectivity index is 2.24. The molecule has 1 heterocycles. The lowest BCUT2D eigenvalue weighted by atomic mass is 10.2. The summed E-state index contributed by atoms with van der Waals surface area (Å²) in [4.78, 5) is 27.2. The Morgan fingerprint density at radius 3 is 2.60 bits per heavy atom. The highest BCUT2D eigenvalue weighted by Crippen LogP contribution is 1.99. The van der Waals surface area contributed by atoms with Gasteiger partial charge in [0.25, 0.3) is 5.91 Å². The molecule has 0 unspecified atom stereocenters. The maximum Gasteiger partial charge on any atom is 0.252 e. The van der Waals surface area contributed by atoms with Gasteiger partial charge in [0.05, 0.1) is 11.3 Å². The van der Waals surface area contributed by atoms with Crippen LogP contribution in [0, 0.1) is 0 Å². The van der Waals surface area contributed by atoms with Crippen molar-refractivity contribution in [1.82, 2.24) is 15.6 Å². The number of aromatic nitrogens is 1. The number of rotatable bonds is 8. The van der Waals surface area contributed by atoms with Gasteiger partial charge in [-0.05, 0) is 18.6 Å². The van der Waals surface area contributed by atoms with Crippen LogP contribution in [0.1, 0.15) is 42.2 Å². The molecular weight excluding hydrogens is 256 g/mol. The summed E-state index contributed by atoms with van der Waals surface area (Å²) < 4.78 is 0. The number of carbonyl (C=O) groups excluding carboxylic acids is 2. The van der Waals surface area contributed by atoms with Crippen LogP contribution in [0.5, 0.6) is 0 Å². The molecule has 0 spiro atoms. The number of nitrogens with zero attached hydrogens (tertiary/aromatic N) is 1. The van der Waals surface area contributed by atoms with Gasteiger partial charge in [-0.1, -0.05) is 13.3 Å². The molecule has 110 valence electrons. The van der Waals surface area contributed by atoms with Gasteiger partial charge in [0, 0.05) is 32.3 Å². The molecule has 0 bridgehead atoms. The van der Waals surface area contributed by atoms with Crippen molar-refractivity contribution >= 4 is 11.8 Å². The summed E-state index contributed by atoms with van der Waals surface area (Å²) in [6, 6.07) is 3.41. The smallest absolute Gasteiger partial charge is 0.252 e. The van der Waals surface area contributed by atoms with Crippen molar-refractivity contribution in [2.75, 3.05) is 13.1 Å². The monoisotopic (exact) mass is 278 g/mol. The van der Waals surface area contributed by atoms with Crippen LogP contribution in [0.25, 0.3) is 0 Å². The zero-order valence-electron chi connectivity index (χ0n) is 11.8. The molecule has 20 heavy (non-hydrogen) atoms. The largest absolute Gasteiger partial charge is 0.354 e. The molecule has 0 fully saturated rings. The summed E-state index contributed by atoms with van der Waals surface area (Å²) in [5, 5.41) is 5.48. The minimum Gasteiger partial charge on any atom is -0.354 e. The molecule has 0 aliphatic heterocycles. The fraction of sp³-hybridized carbons (Fsp3) is 0.500. The fourth-order valence-electron chi connectivity index (χ4n) is 1.59. The Labute approximate surface area is 119 Å². The molecule has 4 N–H and O–H groups in total. The Bertz CT molecular complexity index is 431. The van der Waals surface area contributed by atoms with Crippen LogP contribution in [0.3, 0.4) is 0 Å². The maximum atomic E-state index is 11.8. The van der Waals surface area contributed by atoms with E-state index in [4.69, 9.17) is 5.73 Å². The normalized spacial score (nSPS) is 10.1. The summed E-state index contributed by atoms with van der Waals surface area (Å²) in [5.74, 6) is -0.182. The summed E-state index contributed by atoms with van der Waals surface area (Å²) >= 11 is 0. The zero-order valence-corrected chi connectivity index (χ0v) is 11.8. The summed E-state index contributed by atoms with van der Waals surface area (Å²) in [7, 11) is 0. The van der Waals surface area contributed by atoms with E-state index in [1.54, 1.807) is 12.1 Å².